The zero-order valence-electron chi connectivity index (χ0n) is 46.6. The summed E-state index contributed by atoms with van der Waals surface area (Å²) < 4.78 is 92.3. The highest BCUT2D eigenvalue weighted by Crippen LogP contribution is 2.42. The molecule has 0 bridgehead atoms. The Labute approximate surface area is 493 Å². The van der Waals surface area contributed by atoms with Gasteiger partial charge in [-0.05, 0) is 173 Å². The first-order valence-corrected chi connectivity index (χ1v) is 32.5. The van der Waals surface area contributed by atoms with Crippen molar-refractivity contribution in [1.82, 2.24) is 40.5 Å². The average molecular weight is 1220 g/mol. The Hall–Kier alpha value is -4.82. The first-order valence-electron chi connectivity index (χ1n) is 28.7. The van der Waals surface area contributed by atoms with Crippen LogP contribution >= 0.6 is 23.2 Å². The number of urea groups is 2. The lowest BCUT2D eigenvalue weighted by atomic mass is 10.0. The lowest BCUT2D eigenvalue weighted by Gasteiger charge is -2.35. The summed E-state index contributed by atoms with van der Waals surface area (Å²) in [6, 6.07) is 24.7. The molecule has 2 fully saturated rings. The molecule has 2 aliphatic heterocycles. The number of sulfonamides is 2. The fourth-order valence-electron chi connectivity index (χ4n) is 10.8. The van der Waals surface area contributed by atoms with E-state index in [2.05, 4.69) is 52.6 Å². The van der Waals surface area contributed by atoms with E-state index in [1.54, 1.807) is 48.5 Å². The van der Waals surface area contributed by atoms with Crippen LogP contribution in [0.1, 0.15) is 85.8 Å². The molecule has 4 atom stereocenters. The van der Waals surface area contributed by atoms with Crippen molar-refractivity contribution < 1.29 is 54.8 Å². The van der Waals surface area contributed by atoms with Gasteiger partial charge < -0.3 is 49.7 Å². The molecule has 2 heterocycles. The predicted molar refractivity (Wildman–Crippen MR) is 314 cm³/mol. The summed E-state index contributed by atoms with van der Waals surface area (Å²) >= 11 is 12.8. The van der Waals surface area contributed by atoms with E-state index < -0.39 is 20.0 Å². The quantitative estimate of drug-likeness (QED) is 0.0271. The van der Waals surface area contributed by atoms with Crippen molar-refractivity contribution in [1.29, 1.82) is 0 Å². The number of fused-ring (bicyclic) bond motifs is 2. The number of carbonyl (C=O) groups is 2. The van der Waals surface area contributed by atoms with Gasteiger partial charge in [-0.25, -0.2) is 35.9 Å². The van der Waals surface area contributed by atoms with Crippen LogP contribution in [0.25, 0.3) is 0 Å². The van der Waals surface area contributed by atoms with Gasteiger partial charge in [0.25, 0.3) is 0 Å². The summed E-state index contributed by atoms with van der Waals surface area (Å²) in [5.41, 5.74) is 4.63. The molecule has 20 nitrogen and oxygen atoms in total. The Morgan fingerprint density at radius 1 is 0.451 bits per heavy atom. The minimum atomic E-state index is -3.77. The Morgan fingerprint density at radius 3 is 1.18 bits per heavy atom. The monoisotopic (exact) mass is 1210 g/mol. The Bertz CT molecular complexity index is 2670. The van der Waals surface area contributed by atoms with Gasteiger partial charge in [-0.1, -0.05) is 48.2 Å². The minimum absolute atomic E-state index is 0.0843. The molecule has 0 saturated carbocycles. The number of amides is 4. The second-order valence-electron chi connectivity index (χ2n) is 20.8. The van der Waals surface area contributed by atoms with E-state index in [9.17, 15) is 26.4 Å². The van der Waals surface area contributed by atoms with Gasteiger partial charge in [0.15, 0.2) is 0 Å². The molecule has 450 valence electrons. The second-order valence-corrected chi connectivity index (χ2v) is 25.2. The van der Waals surface area contributed by atoms with Crippen molar-refractivity contribution in [2.75, 3.05) is 118 Å². The third kappa shape index (κ3) is 19.4. The van der Waals surface area contributed by atoms with Gasteiger partial charge in [-0.15, -0.1) is 0 Å². The number of hydrogen-bond donors (Lipinski definition) is 6. The number of carbonyl (C=O) groups excluding carboxylic acids is 2. The van der Waals surface area contributed by atoms with E-state index in [1.165, 1.54) is 49.7 Å². The topological polar surface area (TPSA) is 236 Å². The number of halogens is 2. The van der Waals surface area contributed by atoms with E-state index in [1.807, 2.05) is 24.3 Å². The Morgan fingerprint density at radius 2 is 0.805 bits per heavy atom. The fraction of sp³-hybridized carbons (Fsp3) is 0.552. The van der Waals surface area contributed by atoms with E-state index >= 15 is 0 Å². The van der Waals surface area contributed by atoms with Gasteiger partial charge in [-0.2, -0.15) is 0 Å². The molecule has 0 aromatic heterocycles. The predicted octanol–water partition coefficient (Wildman–Crippen LogP) is 6.76. The summed E-state index contributed by atoms with van der Waals surface area (Å²) in [6.07, 6.45) is 9.85. The molecule has 2 aliphatic carbocycles. The largest absolute Gasteiger partial charge is 0.484 e. The van der Waals surface area contributed by atoms with Crippen LogP contribution in [0.5, 0.6) is 11.5 Å². The van der Waals surface area contributed by atoms with Crippen LogP contribution in [-0.2, 0) is 51.8 Å². The highest BCUT2D eigenvalue weighted by molar-refractivity contribution is 7.89. The van der Waals surface area contributed by atoms with Gasteiger partial charge >= 0.3 is 12.1 Å². The van der Waals surface area contributed by atoms with Crippen molar-refractivity contribution in [3.63, 3.8) is 0 Å². The van der Waals surface area contributed by atoms with Gasteiger partial charge in [0.1, 0.15) is 23.7 Å². The highest BCUT2D eigenvalue weighted by Gasteiger charge is 2.40. The maximum Gasteiger partial charge on any atom is 0.314 e. The van der Waals surface area contributed by atoms with Crippen LogP contribution in [0.2, 0.25) is 10.0 Å². The van der Waals surface area contributed by atoms with Crippen molar-refractivity contribution in [3.05, 3.63) is 117 Å². The van der Waals surface area contributed by atoms with Gasteiger partial charge in [-0.3, -0.25) is 9.80 Å². The molecule has 24 heteroatoms. The third-order valence-corrected chi connectivity index (χ3v) is 18.4. The number of benzene rings is 4. The number of ether oxygens (including phenoxy) is 6. The molecule has 4 aromatic rings. The van der Waals surface area contributed by atoms with Crippen LogP contribution in [0.4, 0.5) is 9.59 Å². The average Bonchev–Trinajstić information content (AvgIpc) is 4.25. The van der Waals surface area contributed by atoms with Crippen LogP contribution < -0.4 is 40.2 Å². The molecular formula is C58H80Cl2N8O12S2. The van der Waals surface area contributed by atoms with Gasteiger partial charge in [0.2, 0.25) is 20.0 Å². The first kappa shape index (κ1) is 63.2. The molecule has 0 spiro atoms. The number of hydrogen-bond acceptors (Lipinski definition) is 14. The zero-order valence-corrected chi connectivity index (χ0v) is 49.7. The van der Waals surface area contributed by atoms with Gasteiger partial charge in [0.05, 0.1) is 74.7 Å². The summed E-state index contributed by atoms with van der Waals surface area (Å²) in [5.74, 6) is 1.19. The maximum atomic E-state index is 13.0. The molecule has 4 aliphatic rings. The van der Waals surface area contributed by atoms with Crippen LogP contribution in [0, 0.1) is 0 Å². The number of rotatable bonds is 33. The highest BCUT2D eigenvalue weighted by atomic mass is 35.5. The molecule has 1 unspecified atom stereocenters. The first-order chi connectivity index (χ1) is 39.8. The maximum absolute atomic E-state index is 13.0. The van der Waals surface area contributed by atoms with Crippen LogP contribution in [0.3, 0.4) is 0 Å². The normalized spacial score (nSPS) is 19.3. The number of piperidine rings is 2. The summed E-state index contributed by atoms with van der Waals surface area (Å²) in [5, 5.41) is 12.3. The second kappa shape index (κ2) is 32.5. The van der Waals surface area contributed by atoms with E-state index in [-0.39, 0.29) is 112 Å². The molecule has 2 saturated heterocycles. The van der Waals surface area contributed by atoms with E-state index in [0.717, 1.165) is 50.1 Å². The lowest BCUT2D eigenvalue weighted by molar-refractivity contribution is 0.0516. The number of likely N-dealkylation sites (tertiary alicyclic amines) is 2. The summed E-state index contributed by atoms with van der Waals surface area (Å²) in [7, 11) is -7.53. The fourth-order valence-corrected chi connectivity index (χ4v) is 13.2. The van der Waals surface area contributed by atoms with Crippen molar-refractivity contribution >= 4 is 55.3 Å². The molecule has 82 heavy (non-hydrogen) atoms. The Balaban J connectivity index is 0.570. The van der Waals surface area contributed by atoms with E-state index in [4.69, 9.17) is 51.6 Å². The zero-order chi connectivity index (χ0) is 57.6. The number of nitrogens with one attached hydrogen (secondary N) is 6. The Kier molecular flexibility index (Phi) is 25.0. The lowest BCUT2D eigenvalue weighted by Crippen LogP contribution is -2.43. The third-order valence-electron chi connectivity index (χ3n) is 15.0. The summed E-state index contributed by atoms with van der Waals surface area (Å²) in [4.78, 5) is 29.6. The molecule has 4 aromatic carbocycles. The standard InChI is InChI=1S/C58H80Cl2N8O12S2/c59-45-11-9-43-39-53(67-27-5-1-6-28-67)55(51(43)41-45)79-47-13-17-49(18-14-47)81(71,72)65-25-33-77-37-35-75-31-23-63-57(69)61-21-3-4-22-62-58(70)64-24-32-76-36-38-78-34-26-66-82(73,74)50-19-15-48(16-20-50)80-56-52-42-46(60)12-10-44(52)40-54(56)68-29-7-2-8-30-68/h9-20,41-42,53-56,65-66H,1-8,21-40H2,(H2,61,63,69)(H2,62,64,70)/t53-,54?,55-,56-/m0/s1. The smallest absolute Gasteiger partial charge is 0.314 e. The number of unbranched alkanes of at least 4 members (excludes halogenated alkanes) is 1. The SMILES string of the molecule is O=C(NCCCCNC(=O)NCCOCCOCCNS(=O)(=O)c1ccc(O[C@H]2c3cc(Cl)ccc3C[C@@H]2N2CCCCC2)cc1)NCCOCCOCCNS(=O)(=O)c1ccc(O[C@H]2c3cc(Cl)ccc3CC2N2CCCCC2)cc1. The van der Waals surface area contributed by atoms with Crippen molar-refractivity contribution in [3.8, 4) is 11.5 Å². The van der Waals surface area contributed by atoms with E-state index in [0.29, 0.717) is 60.6 Å². The molecule has 8 rings (SSSR count). The minimum Gasteiger partial charge on any atom is -0.484 e. The molecular weight excluding hydrogens is 1140 g/mol. The molecule has 6 N–H and O–H groups in total. The van der Waals surface area contributed by atoms with Gasteiger partial charge in [0, 0.05) is 49.3 Å². The number of nitrogens with zero attached hydrogens (tertiary/aromatic N) is 2. The van der Waals surface area contributed by atoms with Crippen molar-refractivity contribution in [2.24, 2.45) is 0 Å². The van der Waals surface area contributed by atoms with Crippen LogP contribution in [0.15, 0.2) is 94.7 Å². The summed E-state index contributed by atoms with van der Waals surface area (Å²) in [6.45, 7) is 7.66. The molecule has 0 radical (unpaired) electrons. The van der Waals surface area contributed by atoms with Crippen LogP contribution in [-0.4, -0.2) is 169 Å². The molecule has 4 amide bonds. The van der Waals surface area contributed by atoms with Crippen molar-refractivity contribution in [2.45, 2.75) is 98.3 Å².